The molecule has 1 heterocycles. The summed E-state index contributed by atoms with van der Waals surface area (Å²) in [7, 11) is 0. The van der Waals surface area contributed by atoms with Crippen LogP contribution in [-0.4, -0.2) is 10.9 Å². The van der Waals surface area contributed by atoms with Gasteiger partial charge in [0.2, 0.25) is 5.91 Å². The number of carbonyl (C=O) groups is 1. The molecule has 1 aliphatic carbocycles. The average Bonchev–Trinajstić information content (AvgIpc) is 2.68. The van der Waals surface area contributed by atoms with Crippen molar-refractivity contribution in [2.45, 2.75) is 31.3 Å². The lowest BCUT2D eigenvalue weighted by molar-refractivity contribution is -0.124. The number of nitrogens with one attached hydrogen (secondary N) is 1. The Hall–Kier alpha value is -2.85. The molecule has 0 unspecified atom stereocenters. The van der Waals surface area contributed by atoms with Gasteiger partial charge in [-0.15, -0.1) is 0 Å². The Morgan fingerprint density at radius 2 is 1.89 bits per heavy atom. The van der Waals surface area contributed by atoms with Gasteiger partial charge in [-0.3, -0.25) is 9.78 Å². The highest BCUT2D eigenvalue weighted by Gasteiger charge is 2.45. The zero-order chi connectivity index (χ0) is 19.4. The fourth-order valence-electron chi connectivity index (χ4n) is 3.50. The van der Waals surface area contributed by atoms with E-state index in [9.17, 15) is 4.79 Å². The minimum Gasteiger partial charge on any atom is -0.487 e. The molecule has 1 fully saturated rings. The molecule has 1 amide bonds. The van der Waals surface area contributed by atoms with Gasteiger partial charge in [-0.25, -0.2) is 0 Å². The third-order valence-corrected chi connectivity index (χ3v) is 5.50. The highest BCUT2D eigenvalue weighted by molar-refractivity contribution is 6.30. The van der Waals surface area contributed by atoms with Crippen LogP contribution in [0.1, 0.15) is 30.5 Å². The summed E-state index contributed by atoms with van der Waals surface area (Å²) in [5, 5.41) is 3.75. The van der Waals surface area contributed by atoms with Crippen LogP contribution in [0.4, 0.5) is 5.69 Å². The van der Waals surface area contributed by atoms with Crippen LogP contribution >= 0.6 is 11.6 Å². The summed E-state index contributed by atoms with van der Waals surface area (Å²) in [5.41, 5.74) is 2.12. The lowest BCUT2D eigenvalue weighted by Gasteiger charge is -2.40. The van der Waals surface area contributed by atoms with Gasteiger partial charge in [0.25, 0.3) is 0 Å². The van der Waals surface area contributed by atoms with Crippen molar-refractivity contribution >= 4 is 23.2 Å². The Bertz CT molecular complexity index is 954. The van der Waals surface area contributed by atoms with Gasteiger partial charge in [-0.2, -0.15) is 0 Å². The molecule has 1 saturated carbocycles. The minimum absolute atomic E-state index is 0.0166. The predicted molar refractivity (Wildman–Crippen MR) is 111 cm³/mol. The summed E-state index contributed by atoms with van der Waals surface area (Å²) in [6.45, 7) is 0.382. The highest BCUT2D eigenvalue weighted by atomic mass is 35.5. The Balaban J connectivity index is 1.46. The van der Waals surface area contributed by atoms with Crippen molar-refractivity contribution < 1.29 is 9.53 Å². The van der Waals surface area contributed by atoms with Crippen molar-refractivity contribution in [2.24, 2.45) is 0 Å². The number of hydrogen-bond donors (Lipinski definition) is 1. The van der Waals surface area contributed by atoms with E-state index >= 15 is 0 Å². The molecule has 28 heavy (non-hydrogen) atoms. The topological polar surface area (TPSA) is 51.2 Å². The second-order valence-corrected chi connectivity index (χ2v) is 7.47. The maximum Gasteiger partial charge on any atom is 0.235 e. The molecule has 5 heteroatoms. The molecule has 1 aromatic heterocycles. The van der Waals surface area contributed by atoms with Gasteiger partial charge >= 0.3 is 0 Å². The number of anilines is 1. The van der Waals surface area contributed by atoms with E-state index < -0.39 is 5.41 Å². The van der Waals surface area contributed by atoms with Crippen molar-refractivity contribution in [1.29, 1.82) is 0 Å². The van der Waals surface area contributed by atoms with Crippen molar-refractivity contribution in [2.75, 3.05) is 5.32 Å². The highest BCUT2D eigenvalue weighted by Crippen LogP contribution is 2.45. The molecule has 0 atom stereocenters. The third-order valence-electron chi connectivity index (χ3n) is 5.24. The summed E-state index contributed by atoms with van der Waals surface area (Å²) < 4.78 is 5.81. The number of pyridine rings is 1. The van der Waals surface area contributed by atoms with Gasteiger partial charge in [-0.1, -0.05) is 42.3 Å². The van der Waals surface area contributed by atoms with Gasteiger partial charge in [-0.05, 0) is 54.8 Å². The molecule has 0 saturated heterocycles. The number of halogens is 1. The maximum atomic E-state index is 13.1. The number of nitrogens with zero attached hydrogens (tertiary/aromatic N) is 1. The van der Waals surface area contributed by atoms with Crippen LogP contribution in [-0.2, 0) is 16.8 Å². The van der Waals surface area contributed by atoms with Crippen LogP contribution < -0.4 is 10.1 Å². The first-order valence-electron chi connectivity index (χ1n) is 9.36. The third kappa shape index (κ3) is 3.87. The number of benzene rings is 2. The number of carbonyl (C=O) groups excluding carboxylic acids is 1. The molecule has 142 valence electrons. The van der Waals surface area contributed by atoms with Gasteiger partial charge in [0.15, 0.2) is 0 Å². The van der Waals surface area contributed by atoms with E-state index in [4.69, 9.17) is 16.3 Å². The lowest BCUT2D eigenvalue weighted by Crippen LogP contribution is -2.45. The summed E-state index contributed by atoms with van der Waals surface area (Å²) in [4.78, 5) is 17.3. The molecule has 1 aliphatic rings. The first-order chi connectivity index (χ1) is 13.7. The Labute approximate surface area is 169 Å². The van der Waals surface area contributed by atoms with Gasteiger partial charge in [0.1, 0.15) is 12.4 Å². The molecule has 2 aromatic carbocycles. The fourth-order valence-corrected chi connectivity index (χ4v) is 3.63. The first kappa shape index (κ1) is 18.5. The minimum atomic E-state index is -0.477. The van der Waals surface area contributed by atoms with E-state index in [0.717, 1.165) is 36.2 Å². The molecule has 4 rings (SSSR count). The number of amides is 1. The number of ether oxygens (including phenoxy) is 1. The SMILES string of the molecule is O=C(Nc1cccc(OCc2ccccn2)c1)C1(c2ccc(Cl)cc2)CCC1. The molecule has 0 radical (unpaired) electrons. The second kappa shape index (κ2) is 8.03. The zero-order valence-corrected chi connectivity index (χ0v) is 16.2. The quantitative estimate of drug-likeness (QED) is 0.613. The monoisotopic (exact) mass is 392 g/mol. The zero-order valence-electron chi connectivity index (χ0n) is 15.4. The van der Waals surface area contributed by atoms with E-state index in [2.05, 4.69) is 10.3 Å². The molecule has 4 nitrogen and oxygen atoms in total. The summed E-state index contributed by atoms with van der Waals surface area (Å²) in [5.74, 6) is 0.709. The predicted octanol–water partition coefficient (Wildman–Crippen LogP) is 5.37. The Morgan fingerprint density at radius 3 is 2.57 bits per heavy atom. The van der Waals surface area contributed by atoms with E-state index in [1.54, 1.807) is 6.20 Å². The van der Waals surface area contributed by atoms with Crippen LogP contribution in [0.15, 0.2) is 72.9 Å². The molecular weight excluding hydrogens is 372 g/mol. The summed E-state index contributed by atoms with van der Waals surface area (Å²) >= 11 is 6.00. The molecule has 1 N–H and O–H groups in total. The van der Waals surface area contributed by atoms with Crippen molar-refractivity contribution in [3.05, 3.63) is 89.2 Å². The average molecular weight is 393 g/mol. The van der Waals surface area contributed by atoms with E-state index in [0.29, 0.717) is 17.4 Å². The number of hydrogen-bond acceptors (Lipinski definition) is 3. The first-order valence-corrected chi connectivity index (χ1v) is 9.74. The summed E-state index contributed by atoms with van der Waals surface area (Å²) in [6, 6.07) is 20.8. The second-order valence-electron chi connectivity index (χ2n) is 7.03. The van der Waals surface area contributed by atoms with Crippen LogP contribution in [0.3, 0.4) is 0 Å². The summed E-state index contributed by atoms with van der Waals surface area (Å²) in [6.07, 6.45) is 4.47. The van der Waals surface area contributed by atoms with E-state index in [-0.39, 0.29) is 5.91 Å². The van der Waals surface area contributed by atoms with Crippen molar-refractivity contribution in [3.8, 4) is 5.75 Å². The lowest BCUT2D eigenvalue weighted by atomic mass is 9.64. The maximum absolute atomic E-state index is 13.1. The van der Waals surface area contributed by atoms with Gasteiger partial charge < -0.3 is 10.1 Å². The molecule has 0 aliphatic heterocycles. The Kier molecular flexibility index (Phi) is 5.31. The van der Waals surface area contributed by atoms with E-state index in [1.807, 2.05) is 66.7 Å². The Morgan fingerprint density at radius 1 is 1.07 bits per heavy atom. The standard InChI is InChI=1S/C23H21ClN2O2/c24-18-10-8-17(9-11-18)23(12-4-13-23)22(27)26-19-6-3-7-21(15-19)28-16-20-5-1-2-14-25-20/h1-3,5-11,14-15H,4,12-13,16H2,(H,26,27). The molecular formula is C23H21ClN2O2. The number of aromatic nitrogens is 1. The van der Waals surface area contributed by atoms with Crippen LogP contribution in [0.5, 0.6) is 5.75 Å². The molecule has 0 spiro atoms. The van der Waals surface area contributed by atoms with Crippen molar-refractivity contribution in [3.63, 3.8) is 0 Å². The fraction of sp³-hybridized carbons (Fsp3) is 0.217. The van der Waals surface area contributed by atoms with Crippen LogP contribution in [0, 0.1) is 0 Å². The van der Waals surface area contributed by atoms with Crippen LogP contribution in [0.25, 0.3) is 0 Å². The molecule has 0 bridgehead atoms. The van der Waals surface area contributed by atoms with Crippen LogP contribution in [0.2, 0.25) is 5.02 Å². The normalized spacial score (nSPS) is 14.8. The molecule has 3 aromatic rings. The largest absolute Gasteiger partial charge is 0.487 e. The number of rotatable bonds is 6. The van der Waals surface area contributed by atoms with E-state index in [1.165, 1.54) is 0 Å². The smallest absolute Gasteiger partial charge is 0.235 e. The van der Waals surface area contributed by atoms with Gasteiger partial charge in [0.05, 0.1) is 11.1 Å². The van der Waals surface area contributed by atoms with Crippen molar-refractivity contribution in [1.82, 2.24) is 4.98 Å². The van der Waals surface area contributed by atoms with Gasteiger partial charge in [0, 0.05) is 23.0 Å².